The maximum absolute atomic E-state index is 12.2. The largest absolute Gasteiger partial charge is 0.494 e. The fraction of sp³-hybridized carbons (Fsp3) is 0.261. The quantitative estimate of drug-likeness (QED) is 0.570. The van der Waals surface area contributed by atoms with Gasteiger partial charge in [-0.15, -0.1) is 0 Å². The standard InChI is InChI=1S/C23H26N2O2/c1-17(2)13-14-27-22-11-9-20(10-12-22)24-16-23(26)25-21-8-7-18-5-3-4-6-19(18)15-21/h3-12,15,17,24H,13-14,16H2,1-2H3,(H,25,26). The van der Waals surface area contributed by atoms with Crippen LogP contribution < -0.4 is 15.4 Å². The molecule has 0 heterocycles. The van der Waals surface area contributed by atoms with E-state index in [4.69, 9.17) is 4.74 Å². The molecule has 3 aromatic rings. The second-order valence-corrected chi connectivity index (χ2v) is 7.02. The summed E-state index contributed by atoms with van der Waals surface area (Å²) in [6.45, 7) is 5.29. The van der Waals surface area contributed by atoms with Gasteiger partial charge in [-0.05, 0) is 59.5 Å². The fourth-order valence-corrected chi connectivity index (χ4v) is 2.74. The Hall–Kier alpha value is -3.01. The Morgan fingerprint density at radius 3 is 2.37 bits per heavy atom. The van der Waals surface area contributed by atoms with Gasteiger partial charge in [0.2, 0.25) is 5.91 Å². The second kappa shape index (κ2) is 9.08. The number of anilines is 2. The fourth-order valence-electron chi connectivity index (χ4n) is 2.74. The van der Waals surface area contributed by atoms with Crippen molar-refractivity contribution in [2.24, 2.45) is 5.92 Å². The molecule has 4 heteroatoms. The van der Waals surface area contributed by atoms with E-state index in [2.05, 4.69) is 30.5 Å². The molecule has 0 saturated heterocycles. The predicted octanol–water partition coefficient (Wildman–Crippen LogP) is 5.32. The minimum Gasteiger partial charge on any atom is -0.494 e. The summed E-state index contributed by atoms with van der Waals surface area (Å²) >= 11 is 0. The van der Waals surface area contributed by atoms with Gasteiger partial charge in [-0.1, -0.05) is 44.2 Å². The minimum absolute atomic E-state index is 0.0810. The summed E-state index contributed by atoms with van der Waals surface area (Å²) in [5.41, 5.74) is 1.69. The van der Waals surface area contributed by atoms with Gasteiger partial charge in [0.25, 0.3) is 0 Å². The average molecular weight is 362 g/mol. The van der Waals surface area contributed by atoms with Crippen LogP contribution in [0, 0.1) is 5.92 Å². The molecule has 0 aromatic heterocycles. The molecule has 0 radical (unpaired) electrons. The van der Waals surface area contributed by atoms with Gasteiger partial charge in [-0.2, -0.15) is 0 Å². The molecule has 27 heavy (non-hydrogen) atoms. The van der Waals surface area contributed by atoms with Gasteiger partial charge in [0.15, 0.2) is 0 Å². The first-order valence-corrected chi connectivity index (χ1v) is 9.35. The third-order valence-electron chi connectivity index (χ3n) is 4.30. The summed E-state index contributed by atoms with van der Waals surface area (Å²) < 4.78 is 5.70. The van der Waals surface area contributed by atoms with Crippen LogP contribution in [-0.4, -0.2) is 19.1 Å². The third kappa shape index (κ3) is 5.74. The highest BCUT2D eigenvalue weighted by atomic mass is 16.5. The monoisotopic (exact) mass is 362 g/mol. The smallest absolute Gasteiger partial charge is 0.243 e. The van der Waals surface area contributed by atoms with Crippen LogP contribution in [0.25, 0.3) is 10.8 Å². The molecule has 0 aliphatic carbocycles. The van der Waals surface area contributed by atoms with Crippen LogP contribution >= 0.6 is 0 Å². The molecule has 0 spiro atoms. The molecule has 4 nitrogen and oxygen atoms in total. The third-order valence-corrected chi connectivity index (χ3v) is 4.30. The highest BCUT2D eigenvalue weighted by Gasteiger charge is 2.04. The number of rotatable bonds is 8. The van der Waals surface area contributed by atoms with Gasteiger partial charge in [-0.3, -0.25) is 4.79 Å². The molecule has 0 unspecified atom stereocenters. The molecule has 0 bridgehead atoms. The molecular weight excluding hydrogens is 336 g/mol. The van der Waals surface area contributed by atoms with Gasteiger partial charge in [0.1, 0.15) is 5.75 Å². The van der Waals surface area contributed by atoms with Crippen molar-refractivity contribution in [3.63, 3.8) is 0 Å². The van der Waals surface area contributed by atoms with Crippen LogP contribution in [0.3, 0.4) is 0 Å². The lowest BCUT2D eigenvalue weighted by molar-refractivity contribution is -0.114. The molecule has 2 N–H and O–H groups in total. The number of ether oxygens (including phenoxy) is 1. The maximum atomic E-state index is 12.2. The average Bonchev–Trinajstić information content (AvgIpc) is 2.67. The van der Waals surface area contributed by atoms with E-state index in [0.29, 0.717) is 5.92 Å². The highest BCUT2D eigenvalue weighted by molar-refractivity contribution is 5.96. The number of benzene rings is 3. The van der Waals surface area contributed by atoms with Crippen LogP contribution in [0.2, 0.25) is 0 Å². The molecule has 140 valence electrons. The normalized spacial score (nSPS) is 10.8. The zero-order chi connectivity index (χ0) is 19.1. The van der Waals surface area contributed by atoms with Crippen LogP contribution in [0.1, 0.15) is 20.3 Å². The van der Waals surface area contributed by atoms with E-state index in [-0.39, 0.29) is 12.5 Å². The molecule has 0 atom stereocenters. The summed E-state index contributed by atoms with van der Waals surface area (Å²) in [5.74, 6) is 1.40. The lowest BCUT2D eigenvalue weighted by atomic mass is 10.1. The first-order chi connectivity index (χ1) is 13.1. The number of carbonyl (C=O) groups is 1. The van der Waals surface area contributed by atoms with Gasteiger partial charge < -0.3 is 15.4 Å². The van der Waals surface area contributed by atoms with Crippen LogP contribution in [-0.2, 0) is 4.79 Å². The molecule has 3 rings (SSSR count). The Morgan fingerprint density at radius 2 is 1.63 bits per heavy atom. The molecule has 0 saturated carbocycles. The minimum atomic E-state index is -0.0810. The number of amides is 1. The molecule has 0 aliphatic rings. The number of carbonyl (C=O) groups excluding carboxylic acids is 1. The summed E-state index contributed by atoms with van der Waals surface area (Å²) in [7, 11) is 0. The Morgan fingerprint density at radius 1 is 0.926 bits per heavy atom. The molecule has 3 aromatic carbocycles. The Kier molecular flexibility index (Phi) is 6.31. The highest BCUT2D eigenvalue weighted by Crippen LogP contribution is 2.19. The summed E-state index contributed by atoms with van der Waals surface area (Å²) in [4.78, 5) is 12.2. The van der Waals surface area contributed by atoms with E-state index in [1.54, 1.807) is 0 Å². The molecule has 0 fully saturated rings. The van der Waals surface area contributed by atoms with E-state index >= 15 is 0 Å². The van der Waals surface area contributed by atoms with Crippen molar-refractivity contribution in [1.29, 1.82) is 0 Å². The Bertz CT molecular complexity index is 888. The number of hydrogen-bond acceptors (Lipinski definition) is 3. The lowest BCUT2D eigenvalue weighted by Crippen LogP contribution is -2.21. The zero-order valence-electron chi connectivity index (χ0n) is 15.9. The summed E-state index contributed by atoms with van der Waals surface area (Å²) in [5, 5.41) is 8.33. The topological polar surface area (TPSA) is 50.4 Å². The second-order valence-electron chi connectivity index (χ2n) is 7.02. The summed E-state index contributed by atoms with van der Waals surface area (Å²) in [6.07, 6.45) is 1.04. The van der Waals surface area contributed by atoms with E-state index in [1.165, 1.54) is 0 Å². The van der Waals surface area contributed by atoms with E-state index in [0.717, 1.165) is 40.9 Å². The van der Waals surface area contributed by atoms with E-state index in [1.807, 2.05) is 60.7 Å². The van der Waals surface area contributed by atoms with Gasteiger partial charge in [0.05, 0.1) is 13.2 Å². The first kappa shape index (κ1) is 18.8. The van der Waals surface area contributed by atoms with Crippen LogP contribution in [0.4, 0.5) is 11.4 Å². The van der Waals surface area contributed by atoms with Crippen molar-refractivity contribution < 1.29 is 9.53 Å². The zero-order valence-corrected chi connectivity index (χ0v) is 15.9. The van der Waals surface area contributed by atoms with Crippen molar-refractivity contribution >= 4 is 28.1 Å². The van der Waals surface area contributed by atoms with Crippen molar-refractivity contribution in [3.05, 3.63) is 66.7 Å². The molecule has 0 aliphatic heterocycles. The van der Waals surface area contributed by atoms with Crippen molar-refractivity contribution in [2.45, 2.75) is 20.3 Å². The van der Waals surface area contributed by atoms with Crippen LogP contribution in [0.5, 0.6) is 5.75 Å². The number of nitrogens with one attached hydrogen (secondary N) is 2. The van der Waals surface area contributed by atoms with Crippen molar-refractivity contribution in [3.8, 4) is 5.75 Å². The lowest BCUT2D eigenvalue weighted by Gasteiger charge is -2.10. The van der Waals surface area contributed by atoms with Crippen LogP contribution in [0.15, 0.2) is 66.7 Å². The molecule has 1 amide bonds. The number of hydrogen-bond donors (Lipinski definition) is 2. The Balaban J connectivity index is 1.48. The number of fused-ring (bicyclic) bond motifs is 1. The van der Waals surface area contributed by atoms with E-state index in [9.17, 15) is 4.79 Å². The predicted molar refractivity (Wildman–Crippen MR) is 112 cm³/mol. The molecular formula is C23H26N2O2. The first-order valence-electron chi connectivity index (χ1n) is 9.35. The summed E-state index contributed by atoms with van der Waals surface area (Å²) in [6, 6.07) is 21.7. The van der Waals surface area contributed by atoms with Gasteiger partial charge in [-0.25, -0.2) is 0 Å². The maximum Gasteiger partial charge on any atom is 0.243 e. The Labute approximate surface area is 160 Å². The van der Waals surface area contributed by atoms with Crippen molar-refractivity contribution in [2.75, 3.05) is 23.8 Å². The SMILES string of the molecule is CC(C)CCOc1ccc(NCC(=O)Nc2ccc3ccccc3c2)cc1. The van der Waals surface area contributed by atoms with E-state index < -0.39 is 0 Å². The van der Waals surface area contributed by atoms with Crippen molar-refractivity contribution in [1.82, 2.24) is 0 Å². The van der Waals surface area contributed by atoms with Gasteiger partial charge in [0, 0.05) is 11.4 Å². The van der Waals surface area contributed by atoms with Gasteiger partial charge >= 0.3 is 0 Å².